The van der Waals surface area contributed by atoms with Crippen molar-refractivity contribution in [2.24, 2.45) is 0 Å². The van der Waals surface area contributed by atoms with Crippen LogP contribution >= 0.6 is 22.9 Å². The van der Waals surface area contributed by atoms with Gasteiger partial charge in [-0.25, -0.2) is 4.98 Å². The van der Waals surface area contributed by atoms with Crippen molar-refractivity contribution in [1.82, 2.24) is 4.98 Å². The molecule has 0 aliphatic carbocycles. The second-order valence-electron chi connectivity index (χ2n) is 5.17. The number of aromatic nitrogens is 1. The average Bonchev–Trinajstić information content (AvgIpc) is 3.13. The number of nitrogens with zero attached hydrogens (tertiary/aromatic N) is 1. The van der Waals surface area contributed by atoms with E-state index in [9.17, 15) is 4.79 Å². The number of furan rings is 1. The van der Waals surface area contributed by atoms with Gasteiger partial charge in [0.25, 0.3) is 5.91 Å². The molecule has 0 aliphatic rings. The molecule has 0 unspecified atom stereocenters. The van der Waals surface area contributed by atoms with Crippen LogP contribution in [0.3, 0.4) is 0 Å². The highest BCUT2D eigenvalue weighted by Gasteiger charge is 2.15. The normalized spacial score (nSPS) is 10.7. The predicted molar refractivity (Wildman–Crippen MR) is 95.2 cm³/mol. The van der Waals surface area contributed by atoms with E-state index in [2.05, 4.69) is 10.3 Å². The molecule has 0 atom stereocenters. The number of carbonyl (C=O) groups is 1. The van der Waals surface area contributed by atoms with Gasteiger partial charge in [0.1, 0.15) is 17.3 Å². The van der Waals surface area contributed by atoms with Crippen molar-refractivity contribution in [2.75, 3.05) is 12.4 Å². The molecule has 24 heavy (non-hydrogen) atoms. The number of carbonyl (C=O) groups excluding carboxylic acids is 1. The second kappa shape index (κ2) is 6.67. The largest absolute Gasteiger partial charge is 0.495 e. The maximum Gasteiger partial charge on any atom is 0.260 e. The standard InChI is InChI=1S/C17H15ClN2O3S/c1-9-6-12(10(2)23-9)16(21)20-17-19-14(8-24-17)11-4-5-15(22-3)13(18)7-11/h4-8H,1-3H3,(H,19,20,21). The Hall–Kier alpha value is -2.31. The van der Waals surface area contributed by atoms with Crippen LogP contribution in [0.15, 0.2) is 34.1 Å². The third-order valence-corrected chi connectivity index (χ3v) is 4.51. The Kier molecular flexibility index (Phi) is 4.59. The van der Waals surface area contributed by atoms with Gasteiger partial charge >= 0.3 is 0 Å². The van der Waals surface area contributed by atoms with Gasteiger partial charge in [0.05, 0.1) is 23.4 Å². The summed E-state index contributed by atoms with van der Waals surface area (Å²) in [5, 5.41) is 5.68. The van der Waals surface area contributed by atoms with Crippen molar-refractivity contribution in [2.45, 2.75) is 13.8 Å². The van der Waals surface area contributed by atoms with Crippen LogP contribution in [-0.4, -0.2) is 18.0 Å². The van der Waals surface area contributed by atoms with Crippen molar-refractivity contribution < 1.29 is 13.9 Å². The number of anilines is 1. The fourth-order valence-corrected chi connectivity index (χ4v) is 3.28. The van der Waals surface area contributed by atoms with Gasteiger partial charge in [0.15, 0.2) is 5.13 Å². The lowest BCUT2D eigenvalue weighted by molar-refractivity contribution is 0.102. The Morgan fingerprint density at radius 3 is 2.75 bits per heavy atom. The van der Waals surface area contributed by atoms with Crippen LogP contribution in [0.2, 0.25) is 5.02 Å². The topological polar surface area (TPSA) is 64.4 Å². The molecule has 5 nitrogen and oxygen atoms in total. The molecule has 0 fully saturated rings. The van der Waals surface area contributed by atoms with E-state index in [1.54, 1.807) is 39.2 Å². The minimum absolute atomic E-state index is 0.238. The minimum Gasteiger partial charge on any atom is -0.495 e. The number of thiazole rings is 1. The minimum atomic E-state index is -0.238. The summed E-state index contributed by atoms with van der Waals surface area (Å²) in [6, 6.07) is 7.15. The van der Waals surface area contributed by atoms with E-state index in [-0.39, 0.29) is 5.91 Å². The summed E-state index contributed by atoms with van der Waals surface area (Å²) in [5.41, 5.74) is 2.10. The molecule has 0 saturated carbocycles. The monoisotopic (exact) mass is 362 g/mol. The van der Waals surface area contributed by atoms with Crippen LogP contribution < -0.4 is 10.1 Å². The van der Waals surface area contributed by atoms with Gasteiger partial charge in [-0.3, -0.25) is 10.1 Å². The Bertz CT molecular complexity index is 901. The van der Waals surface area contributed by atoms with E-state index >= 15 is 0 Å². The molecule has 1 aromatic carbocycles. The molecule has 7 heteroatoms. The highest BCUT2D eigenvalue weighted by Crippen LogP contribution is 2.32. The zero-order valence-electron chi connectivity index (χ0n) is 13.3. The summed E-state index contributed by atoms with van der Waals surface area (Å²) in [7, 11) is 1.57. The Morgan fingerprint density at radius 1 is 1.33 bits per heavy atom. The summed E-state index contributed by atoms with van der Waals surface area (Å²) < 4.78 is 10.5. The molecular formula is C17H15ClN2O3S. The third kappa shape index (κ3) is 3.29. The summed E-state index contributed by atoms with van der Waals surface area (Å²) in [6.45, 7) is 3.56. The van der Waals surface area contributed by atoms with Crippen LogP contribution in [0, 0.1) is 13.8 Å². The molecule has 124 valence electrons. The fraction of sp³-hybridized carbons (Fsp3) is 0.176. The molecule has 0 bridgehead atoms. The molecule has 3 aromatic rings. The SMILES string of the molecule is COc1ccc(-c2csc(NC(=O)c3cc(C)oc3C)n2)cc1Cl. The van der Waals surface area contributed by atoms with Gasteiger partial charge in [-0.15, -0.1) is 11.3 Å². The smallest absolute Gasteiger partial charge is 0.260 e. The number of halogens is 1. The van der Waals surface area contributed by atoms with Crippen molar-refractivity contribution in [3.8, 4) is 17.0 Å². The maximum atomic E-state index is 12.3. The second-order valence-corrected chi connectivity index (χ2v) is 6.43. The van der Waals surface area contributed by atoms with Crippen LogP contribution in [0.5, 0.6) is 5.75 Å². The van der Waals surface area contributed by atoms with E-state index in [0.717, 1.165) is 11.3 Å². The molecular weight excluding hydrogens is 348 g/mol. The molecule has 0 aliphatic heterocycles. The number of nitrogens with one attached hydrogen (secondary N) is 1. The van der Waals surface area contributed by atoms with Crippen LogP contribution in [0.1, 0.15) is 21.9 Å². The number of hydrogen-bond donors (Lipinski definition) is 1. The highest BCUT2D eigenvalue weighted by atomic mass is 35.5. The number of amides is 1. The van der Waals surface area contributed by atoms with Crippen LogP contribution in [0.4, 0.5) is 5.13 Å². The molecule has 3 rings (SSSR count). The zero-order valence-corrected chi connectivity index (χ0v) is 14.9. The number of hydrogen-bond acceptors (Lipinski definition) is 5. The summed E-state index contributed by atoms with van der Waals surface area (Å²) in [4.78, 5) is 16.7. The molecule has 0 saturated heterocycles. The van der Waals surface area contributed by atoms with Crippen molar-refractivity contribution in [1.29, 1.82) is 0 Å². The quantitative estimate of drug-likeness (QED) is 0.714. The Balaban J connectivity index is 1.79. The number of aryl methyl sites for hydroxylation is 2. The molecule has 1 N–H and O–H groups in total. The zero-order chi connectivity index (χ0) is 17.3. The molecule has 0 spiro atoms. The summed E-state index contributed by atoms with van der Waals surface area (Å²) in [5.74, 6) is 1.65. The molecule has 0 radical (unpaired) electrons. The fourth-order valence-electron chi connectivity index (χ4n) is 2.31. The third-order valence-electron chi connectivity index (χ3n) is 3.46. The number of benzene rings is 1. The lowest BCUT2D eigenvalue weighted by Crippen LogP contribution is -2.11. The number of methoxy groups -OCH3 is 1. The number of rotatable bonds is 4. The van der Waals surface area contributed by atoms with Crippen molar-refractivity contribution in [3.63, 3.8) is 0 Å². The molecule has 2 aromatic heterocycles. The van der Waals surface area contributed by atoms with Crippen molar-refractivity contribution >= 4 is 34.0 Å². The van der Waals surface area contributed by atoms with E-state index in [1.807, 2.05) is 11.4 Å². The first kappa shape index (κ1) is 16.5. The molecule has 1 amide bonds. The first-order valence-corrected chi connectivity index (χ1v) is 8.41. The Labute approximate surface area is 148 Å². The Morgan fingerprint density at radius 2 is 2.12 bits per heavy atom. The van der Waals surface area contributed by atoms with Crippen LogP contribution in [0.25, 0.3) is 11.3 Å². The van der Waals surface area contributed by atoms with E-state index in [1.165, 1.54) is 11.3 Å². The molecule has 2 heterocycles. The van der Waals surface area contributed by atoms with Gasteiger partial charge < -0.3 is 9.15 Å². The van der Waals surface area contributed by atoms with Gasteiger partial charge in [-0.2, -0.15) is 0 Å². The van der Waals surface area contributed by atoms with Gasteiger partial charge in [-0.05, 0) is 38.1 Å². The van der Waals surface area contributed by atoms with E-state index in [4.69, 9.17) is 20.8 Å². The highest BCUT2D eigenvalue weighted by molar-refractivity contribution is 7.14. The van der Waals surface area contributed by atoms with E-state index < -0.39 is 0 Å². The first-order chi connectivity index (χ1) is 11.5. The van der Waals surface area contributed by atoms with Gasteiger partial charge in [-0.1, -0.05) is 11.6 Å². The van der Waals surface area contributed by atoms with E-state index in [0.29, 0.717) is 33.0 Å². The maximum absolute atomic E-state index is 12.3. The van der Waals surface area contributed by atoms with Crippen LogP contribution in [-0.2, 0) is 0 Å². The lowest BCUT2D eigenvalue weighted by atomic mass is 10.2. The van der Waals surface area contributed by atoms with Crippen molar-refractivity contribution in [3.05, 3.63) is 51.8 Å². The summed E-state index contributed by atoms with van der Waals surface area (Å²) >= 11 is 7.49. The first-order valence-electron chi connectivity index (χ1n) is 7.15. The van der Waals surface area contributed by atoms with Gasteiger partial charge in [0.2, 0.25) is 0 Å². The average molecular weight is 363 g/mol. The summed E-state index contributed by atoms with van der Waals surface area (Å²) in [6.07, 6.45) is 0. The predicted octanol–water partition coefficient (Wildman–Crippen LogP) is 4.93. The van der Waals surface area contributed by atoms with Gasteiger partial charge in [0, 0.05) is 10.9 Å². The number of ether oxygens (including phenoxy) is 1. The lowest BCUT2D eigenvalue weighted by Gasteiger charge is -2.04.